The van der Waals surface area contributed by atoms with Crippen LogP contribution >= 0.6 is 0 Å². The van der Waals surface area contributed by atoms with Gasteiger partial charge in [0.2, 0.25) is 0 Å². The van der Waals surface area contributed by atoms with Crippen LogP contribution in [0.5, 0.6) is 0 Å². The zero-order valence-corrected chi connectivity index (χ0v) is 14.5. The summed E-state index contributed by atoms with van der Waals surface area (Å²) in [6, 6.07) is 4.28. The fourth-order valence-electron chi connectivity index (χ4n) is 4.00. The molecule has 0 N–H and O–H groups in total. The summed E-state index contributed by atoms with van der Waals surface area (Å²) < 4.78 is 11.0. The lowest BCUT2D eigenvalue weighted by molar-refractivity contribution is 0.0362. The summed E-state index contributed by atoms with van der Waals surface area (Å²) in [4.78, 5) is 23.0. The molecule has 0 saturated carbocycles. The Morgan fingerprint density at radius 3 is 2.68 bits per heavy atom. The van der Waals surface area contributed by atoms with Gasteiger partial charge in [0.25, 0.3) is 0 Å². The Bertz CT molecular complexity index is 579. The zero-order valence-electron chi connectivity index (χ0n) is 14.5. The van der Waals surface area contributed by atoms with Crippen LogP contribution in [0.4, 0.5) is 4.79 Å². The quantitative estimate of drug-likeness (QED) is 0.760. The van der Waals surface area contributed by atoms with E-state index in [1.807, 2.05) is 29.4 Å². The normalized spacial score (nSPS) is 27.5. The standard InChI is InChI=1S/C18H26N4O3/c23-18-22(7-1-6-20-8-10-24-11-9-20)16-13-21(14-17(16)25-18)12-15-2-4-19-5-3-15/h2-5,16-17H,1,6-14H2/t16-,17+/m0/s1. The average Bonchev–Trinajstić information content (AvgIpc) is 3.14. The van der Waals surface area contributed by atoms with Gasteiger partial charge >= 0.3 is 6.09 Å². The van der Waals surface area contributed by atoms with E-state index < -0.39 is 0 Å². The molecule has 0 aliphatic carbocycles. The van der Waals surface area contributed by atoms with Gasteiger partial charge in [-0.25, -0.2) is 4.79 Å². The van der Waals surface area contributed by atoms with Crippen molar-refractivity contribution in [3.63, 3.8) is 0 Å². The molecule has 3 aliphatic rings. The van der Waals surface area contributed by atoms with Gasteiger partial charge in [0.1, 0.15) is 6.10 Å². The number of nitrogens with zero attached hydrogens (tertiary/aromatic N) is 4. The monoisotopic (exact) mass is 346 g/mol. The maximum atomic E-state index is 12.2. The number of aromatic nitrogens is 1. The number of ether oxygens (including phenoxy) is 2. The molecule has 0 spiro atoms. The van der Waals surface area contributed by atoms with Crippen molar-refractivity contribution in [3.8, 4) is 0 Å². The topological polar surface area (TPSA) is 58.1 Å². The molecule has 2 atom stereocenters. The van der Waals surface area contributed by atoms with Crippen LogP contribution in [0.15, 0.2) is 24.5 Å². The van der Waals surface area contributed by atoms with Crippen LogP contribution in [0, 0.1) is 0 Å². The number of morpholine rings is 1. The largest absolute Gasteiger partial charge is 0.442 e. The highest BCUT2D eigenvalue weighted by atomic mass is 16.6. The first-order valence-corrected chi connectivity index (χ1v) is 9.18. The lowest BCUT2D eigenvalue weighted by atomic mass is 10.2. The van der Waals surface area contributed by atoms with Gasteiger partial charge in [0, 0.05) is 58.2 Å². The minimum Gasteiger partial charge on any atom is -0.442 e. The summed E-state index contributed by atoms with van der Waals surface area (Å²) in [6.07, 6.45) is 4.51. The van der Waals surface area contributed by atoms with E-state index in [0.29, 0.717) is 0 Å². The fraction of sp³-hybridized carbons (Fsp3) is 0.667. The molecule has 0 unspecified atom stereocenters. The van der Waals surface area contributed by atoms with Crippen LogP contribution in [-0.2, 0) is 16.0 Å². The maximum absolute atomic E-state index is 12.2. The molecule has 1 amide bonds. The number of likely N-dealkylation sites (tertiary alicyclic amines) is 1. The lowest BCUT2D eigenvalue weighted by Crippen LogP contribution is -2.41. The van der Waals surface area contributed by atoms with E-state index in [1.165, 1.54) is 5.56 Å². The van der Waals surface area contributed by atoms with Crippen LogP contribution < -0.4 is 0 Å². The number of carbonyl (C=O) groups is 1. The van der Waals surface area contributed by atoms with Crippen molar-refractivity contribution in [1.82, 2.24) is 19.7 Å². The van der Waals surface area contributed by atoms with Gasteiger partial charge in [-0.15, -0.1) is 0 Å². The Kier molecular flexibility index (Phi) is 5.14. The third kappa shape index (κ3) is 3.94. The van der Waals surface area contributed by atoms with Crippen molar-refractivity contribution in [2.75, 3.05) is 52.5 Å². The highest BCUT2D eigenvalue weighted by Gasteiger charge is 2.47. The molecule has 3 aliphatic heterocycles. The fourth-order valence-corrected chi connectivity index (χ4v) is 4.00. The molecule has 1 aromatic rings. The van der Waals surface area contributed by atoms with Gasteiger partial charge in [0.15, 0.2) is 0 Å². The Morgan fingerprint density at radius 1 is 1.08 bits per heavy atom. The van der Waals surface area contributed by atoms with Crippen LogP contribution in [0.2, 0.25) is 0 Å². The number of hydrogen-bond acceptors (Lipinski definition) is 6. The predicted octanol–water partition coefficient (Wildman–Crippen LogP) is 0.809. The molecule has 136 valence electrons. The van der Waals surface area contributed by atoms with Crippen molar-refractivity contribution < 1.29 is 14.3 Å². The molecular formula is C18H26N4O3. The second-order valence-corrected chi connectivity index (χ2v) is 7.04. The summed E-state index contributed by atoms with van der Waals surface area (Å²) in [5.74, 6) is 0. The van der Waals surface area contributed by atoms with E-state index >= 15 is 0 Å². The van der Waals surface area contributed by atoms with Crippen molar-refractivity contribution in [2.24, 2.45) is 0 Å². The highest BCUT2D eigenvalue weighted by molar-refractivity contribution is 5.71. The van der Waals surface area contributed by atoms with Crippen molar-refractivity contribution >= 4 is 6.09 Å². The van der Waals surface area contributed by atoms with E-state index in [4.69, 9.17) is 9.47 Å². The Labute approximate surface area is 148 Å². The molecule has 7 nitrogen and oxygen atoms in total. The minimum atomic E-state index is -0.138. The zero-order chi connectivity index (χ0) is 17.1. The molecule has 3 saturated heterocycles. The maximum Gasteiger partial charge on any atom is 0.410 e. The van der Waals surface area contributed by atoms with Gasteiger partial charge in [-0.1, -0.05) is 0 Å². The molecule has 7 heteroatoms. The summed E-state index contributed by atoms with van der Waals surface area (Å²) in [5.41, 5.74) is 1.25. The van der Waals surface area contributed by atoms with E-state index in [0.717, 1.165) is 65.4 Å². The van der Waals surface area contributed by atoms with E-state index in [2.05, 4.69) is 14.8 Å². The third-order valence-corrected chi connectivity index (χ3v) is 5.33. The van der Waals surface area contributed by atoms with Gasteiger partial charge in [-0.05, 0) is 24.1 Å². The molecule has 4 heterocycles. The number of rotatable bonds is 6. The molecule has 0 aromatic carbocycles. The number of hydrogen-bond donors (Lipinski definition) is 0. The van der Waals surface area contributed by atoms with Crippen molar-refractivity contribution in [1.29, 1.82) is 0 Å². The average molecular weight is 346 g/mol. The van der Waals surface area contributed by atoms with Gasteiger partial charge in [0.05, 0.1) is 19.3 Å². The molecule has 1 aromatic heterocycles. The minimum absolute atomic E-state index is 0.0118. The van der Waals surface area contributed by atoms with Gasteiger partial charge in [-0.3, -0.25) is 14.8 Å². The Balaban J connectivity index is 1.27. The van der Waals surface area contributed by atoms with Crippen LogP contribution in [-0.4, -0.2) is 90.4 Å². The first-order valence-electron chi connectivity index (χ1n) is 9.18. The van der Waals surface area contributed by atoms with E-state index in [1.54, 1.807) is 0 Å². The smallest absolute Gasteiger partial charge is 0.410 e. The number of pyridine rings is 1. The number of fused-ring (bicyclic) bond motifs is 1. The van der Waals surface area contributed by atoms with Crippen LogP contribution in [0.1, 0.15) is 12.0 Å². The number of carbonyl (C=O) groups excluding carboxylic acids is 1. The van der Waals surface area contributed by atoms with Gasteiger partial charge < -0.3 is 14.4 Å². The summed E-state index contributed by atoms with van der Waals surface area (Å²) >= 11 is 0. The predicted molar refractivity (Wildman–Crippen MR) is 92.2 cm³/mol. The SMILES string of the molecule is O=C1O[C@@H]2CN(Cc3ccncc3)C[C@@H]2N1CCCN1CCOCC1. The van der Waals surface area contributed by atoms with Crippen molar-refractivity contribution in [3.05, 3.63) is 30.1 Å². The lowest BCUT2D eigenvalue weighted by Gasteiger charge is -2.28. The van der Waals surface area contributed by atoms with Crippen molar-refractivity contribution in [2.45, 2.75) is 25.1 Å². The van der Waals surface area contributed by atoms with E-state index in [9.17, 15) is 4.79 Å². The molecule has 4 rings (SSSR count). The summed E-state index contributed by atoms with van der Waals surface area (Å²) in [5, 5.41) is 0. The summed E-state index contributed by atoms with van der Waals surface area (Å²) in [6.45, 7) is 8.02. The third-order valence-electron chi connectivity index (χ3n) is 5.33. The van der Waals surface area contributed by atoms with Gasteiger partial charge in [-0.2, -0.15) is 0 Å². The highest BCUT2D eigenvalue weighted by Crippen LogP contribution is 2.28. The van der Waals surface area contributed by atoms with E-state index in [-0.39, 0.29) is 18.2 Å². The molecular weight excluding hydrogens is 320 g/mol. The Morgan fingerprint density at radius 2 is 1.88 bits per heavy atom. The first-order chi connectivity index (χ1) is 12.3. The number of amides is 1. The molecule has 25 heavy (non-hydrogen) atoms. The molecule has 0 bridgehead atoms. The van der Waals surface area contributed by atoms with Crippen LogP contribution in [0.25, 0.3) is 0 Å². The summed E-state index contributed by atoms with van der Waals surface area (Å²) in [7, 11) is 0. The van der Waals surface area contributed by atoms with Crippen LogP contribution in [0.3, 0.4) is 0 Å². The second-order valence-electron chi connectivity index (χ2n) is 7.04. The Hall–Kier alpha value is -1.70. The molecule has 3 fully saturated rings. The first kappa shape index (κ1) is 16.8. The molecule has 0 radical (unpaired) electrons. The second kappa shape index (κ2) is 7.68.